The van der Waals surface area contributed by atoms with E-state index >= 15 is 0 Å². The van der Waals surface area contributed by atoms with E-state index in [1.54, 1.807) is 10.9 Å². The number of aromatic nitrogens is 2. The fraction of sp³-hybridized carbons (Fsp3) is 0.928. The topological polar surface area (TPSA) is 125 Å². The lowest BCUT2D eigenvalue weighted by Crippen LogP contribution is -2.46. The molecule has 0 unspecified atom stereocenters. The van der Waals surface area contributed by atoms with Crippen molar-refractivity contribution in [2.45, 2.75) is 381 Å². The maximum atomic E-state index is 11.2. The molecule has 602 valence electrons. The second-order valence-corrected chi connectivity index (χ2v) is 25.6. The zero-order valence-electron chi connectivity index (χ0n) is 74.1. The third kappa shape index (κ3) is 67.1. The summed E-state index contributed by atoms with van der Waals surface area (Å²) in [6.07, 6.45) is 18.9. The maximum Gasteiger partial charge on any atom is 0.253 e. The average Bonchev–Trinajstić information content (AvgIpc) is 1.64. The summed E-state index contributed by atoms with van der Waals surface area (Å²) in [6.45, 7) is 97.3. The van der Waals surface area contributed by atoms with Crippen molar-refractivity contribution in [3.63, 3.8) is 0 Å². The van der Waals surface area contributed by atoms with Gasteiger partial charge in [-0.15, -0.1) is 0 Å². The molecule has 0 aromatic carbocycles. The summed E-state index contributed by atoms with van der Waals surface area (Å²) < 4.78 is 11.8. The molecule has 0 saturated carbocycles. The van der Waals surface area contributed by atoms with Crippen LogP contribution in [0.4, 0.5) is 0 Å². The summed E-state index contributed by atoms with van der Waals surface area (Å²) in [5.41, 5.74) is 0.00463. The van der Waals surface area contributed by atoms with Crippen molar-refractivity contribution < 1.29 is 19.1 Å². The second-order valence-electron chi connectivity index (χ2n) is 25.6. The molecule has 0 atom stereocenters. The molecule has 0 spiro atoms. The van der Waals surface area contributed by atoms with Gasteiger partial charge in [0.05, 0.1) is 26.1 Å². The van der Waals surface area contributed by atoms with Gasteiger partial charge in [0, 0.05) is 125 Å². The monoisotopic (exact) mass is 1420 g/mol. The second kappa shape index (κ2) is 86.1. The lowest BCUT2D eigenvalue weighted by molar-refractivity contribution is -0.144. The first-order valence-electron chi connectivity index (χ1n) is 41.9. The predicted octanol–water partition coefficient (Wildman–Crippen LogP) is 19.1. The first kappa shape index (κ1) is 115. The average molecular weight is 1420 g/mol. The fourth-order valence-electron chi connectivity index (χ4n) is 10.5. The number of nitrogens with zero attached hydrogens (tertiary/aromatic N) is 10. The molecular formula is C83H185N11O5. The van der Waals surface area contributed by atoms with Crippen LogP contribution in [0, 0.1) is 0 Å². The van der Waals surface area contributed by atoms with Crippen LogP contribution in [0.1, 0.15) is 332 Å². The molecule has 0 bridgehead atoms. The van der Waals surface area contributed by atoms with Crippen molar-refractivity contribution in [1.29, 1.82) is 0 Å². The Kier molecular flexibility index (Phi) is 99.9. The van der Waals surface area contributed by atoms with Crippen molar-refractivity contribution in [2.24, 2.45) is 0 Å². The van der Waals surface area contributed by atoms with Crippen molar-refractivity contribution in [1.82, 2.24) is 54.1 Å². The van der Waals surface area contributed by atoms with Crippen LogP contribution in [-0.4, -0.2) is 240 Å². The van der Waals surface area contributed by atoms with Crippen LogP contribution in [0.5, 0.6) is 0 Å². The number of piperidine rings is 3. The highest BCUT2D eigenvalue weighted by Crippen LogP contribution is 2.15. The molecule has 1 aromatic rings. The Balaban J connectivity index is -0.000000128. The SMILES string of the molecule is CC.CC.CC.CC.CC.CC.CC.CC.CC.CC(C)N1CCC1.CC(C)N1CCCC1.CC(C)N1CCCCC1.CC(C)N1CCCCC1.CC(C)N1CCCCC1=O.CC(C)N1CCNCC1.CC(C)N1CCOCC1.CC(C)N1CCOCC1=O.CC(C)n1cnccc1=O. The number of morpholine rings is 2. The molecule has 1 aromatic heterocycles. The number of amides is 2. The Hall–Kier alpha value is -2.54. The molecule has 99 heavy (non-hydrogen) atoms. The van der Waals surface area contributed by atoms with Crippen molar-refractivity contribution in [3.8, 4) is 0 Å². The quantitative estimate of drug-likeness (QED) is 0.252. The number of hydrogen-bond donors (Lipinski definition) is 1. The third-order valence-electron chi connectivity index (χ3n) is 16.3. The highest BCUT2D eigenvalue weighted by Gasteiger charge is 2.22. The van der Waals surface area contributed by atoms with E-state index in [0.717, 1.165) is 95.5 Å². The van der Waals surface area contributed by atoms with Crippen LogP contribution in [0.15, 0.2) is 23.4 Å². The Morgan fingerprint density at radius 2 is 0.606 bits per heavy atom. The lowest BCUT2D eigenvalue weighted by Gasteiger charge is -2.34. The molecule has 9 heterocycles. The van der Waals surface area contributed by atoms with Crippen LogP contribution in [0.3, 0.4) is 0 Å². The molecular weight excluding hydrogens is 1230 g/mol. The minimum atomic E-state index is 0.00463. The summed E-state index contributed by atoms with van der Waals surface area (Å²) in [6, 6.07) is 6.88. The van der Waals surface area contributed by atoms with Gasteiger partial charge in [0.15, 0.2) is 0 Å². The van der Waals surface area contributed by atoms with Gasteiger partial charge in [-0.2, -0.15) is 0 Å². The molecule has 1 N–H and O–H groups in total. The van der Waals surface area contributed by atoms with Crippen molar-refractivity contribution >= 4 is 11.8 Å². The van der Waals surface area contributed by atoms with Crippen LogP contribution in [-0.2, 0) is 19.1 Å². The van der Waals surface area contributed by atoms with Crippen LogP contribution in [0.25, 0.3) is 0 Å². The number of ether oxygens (including phenoxy) is 2. The van der Waals surface area contributed by atoms with Crippen LogP contribution >= 0.6 is 0 Å². The standard InChI is InChI=1S/C8H15NO.2C8H17N.C7H10N2O.C7H16N2.C7H13NO2.C7H15NO.C7H15N.C6H13N.9C2H6/c1-7(2)9-6-4-3-5-8(9)10;2*1-8(2)9-6-4-3-5-7-9;1-6(2)9-5-8-4-3-7(9)10;1-7(2)9-5-3-8-4-6-9;1-6(2)8-3-4-10-5-7(8)9;1-7(2)8-3-5-9-6-4-8;1-7(2)8-5-3-4-6-8;1-6(2)7-4-3-5-7;9*1-2/h7H,3-6H2,1-2H3;2*8H,3-7H2,1-2H3;3-6H,1-2H3;7-8H,3-6H2,1-2H3;6H,3-5H2,1-2H3;7H,3-6H2,1-2H3;7H,3-6H2,1-2H3;6H,3-5H2,1-2H3;9*1-2H3. The highest BCUT2D eigenvalue weighted by molar-refractivity contribution is 5.78. The van der Waals surface area contributed by atoms with E-state index in [-0.39, 0.29) is 24.1 Å². The Morgan fingerprint density at radius 3 is 0.828 bits per heavy atom. The van der Waals surface area contributed by atoms with E-state index in [0.29, 0.717) is 30.6 Å². The predicted molar refractivity (Wildman–Crippen MR) is 445 cm³/mol. The third-order valence-corrected chi connectivity index (χ3v) is 16.3. The number of carbonyl (C=O) groups excluding carboxylic acids is 2. The largest absolute Gasteiger partial charge is 0.379 e. The lowest BCUT2D eigenvalue weighted by atomic mass is 10.1. The molecule has 0 aliphatic carbocycles. The molecule has 8 saturated heterocycles. The number of rotatable bonds is 9. The molecule has 8 fully saturated rings. The van der Waals surface area contributed by atoms with Gasteiger partial charge in [-0.3, -0.25) is 28.8 Å². The highest BCUT2D eigenvalue weighted by atomic mass is 16.5. The van der Waals surface area contributed by atoms with Crippen molar-refractivity contribution in [3.05, 3.63) is 28.9 Å². The van der Waals surface area contributed by atoms with E-state index in [2.05, 4.69) is 137 Å². The smallest absolute Gasteiger partial charge is 0.253 e. The zero-order chi connectivity index (χ0) is 78.7. The Morgan fingerprint density at radius 1 is 0.313 bits per heavy atom. The van der Waals surface area contributed by atoms with Crippen LogP contribution < -0.4 is 10.9 Å². The van der Waals surface area contributed by atoms with Crippen LogP contribution in [0.2, 0.25) is 0 Å². The first-order chi connectivity index (χ1) is 47.5. The Bertz CT molecular complexity index is 1590. The van der Waals surface area contributed by atoms with Crippen molar-refractivity contribution in [2.75, 3.05) is 131 Å². The summed E-state index contributed by atoms with van der Waals surface area (Å²) >= 11 is 0. The number of likely N-dealkylation sites (tertiary alicyclic amines) is 5. The van der Waals surface area contributed by atoms with E-state index < -0.39 is 0 Å². The van der Waals surface area contributed by atoms with Gasteiger partial charge >= 0.3 is 0 Å². The van der Waals surface area contributed by atoms with Gasteiger partial charge in [0.2, 0.25) is 11.8 Å². The summed E-state index contributed by atoms with van der Waals surface area (Å²) in [5.74, 6) is 0.447. The molecule has 0 radical (unpaired) electrons. The van der Waals surface area contributed by atoms with Gasteiger partial charge in [-0.25, -0.2) is 4.98 Å². The zero-order valence-corrected chi connectivity index (χ0v) is 74.1. The number of piperazine rings is 1. The van der Waals surface area contributed by atoms with E-state index in [1.807, 2.05) is 162 Å². The molecule has 8 aliphatic heterocycles. The molecule has 9 rings (SSSR count). The fourth-order valence-corrected chi connectivity index (χ4v) is 10.5. The molecule has 16 nitrogen and oxygen atoms in total. The molecule has 2 amide bonds. The van der Waals surface area contributed by atoms with E-state index in [1.165, 1.54) is 142 Å². The van der Waals surface area contributed by atoms with E-state index in [9.17, 15) is 14.4 Å². The Labute approximate surface area is 622 Å². The summed E-state index contributed by atoms with van der Waals surface area (Å²) in [5, 5.41) is 3.33. The first-order valence-corrected chi connectivity index (χ1v) is 41.9. The molecule has 16 heteroatoms. The summed E-state index contributed by atoms with van der Waals surface area (Å²) in [7, 11) is 0. The number of hydrogen-bond acceptors (Lipinski definition) is 13. The number of nitrogens with one attached hydrogen (secondary N) is 1. The van der Waals surface area contributed by atoms with E-state index in [4.69, 9.17) is 9.47 Å². The minimum Gasteiger partial charge on any atom is -0.379 e. The normalized spacial score (nSPS) is 17.5. The maximum absolute atomic E-state index is 11.2. The van der Waals surface area contributed by atoms with Gasteiger partial charge in [-0.1, -0.05) is 137 Å². The van der Waals surface area contributed by atoms with Gasteiger partial charge in [-0.05, 0) is 235 Å². The molecule has 8 aliphatic rings. The van der Waals surface area contributed by atoms with Gasteiger partial charge in [0.1, 0.15) is 6.61 Å². The number of carbonyl (C=O) groups is 2. The van der Waals surface area contributed by atoms with Gasteiger partial charge in [0.25, 0.3) is 5.56 Å². The van der Waals surface area contributed by atoms with Gasteiger partial charge < -0.3 is 44.2 Å². The minimum absolute atomic E-state index is 0.00463. The summed E-state index contributed by atoms with van der Waals surface area (Å²) in [4.78, 5) is 55.9.